The van der Waals surface area contributed by atoms with Crippen LogP contribution >= 0.6 is 0 Å². The third kappa shape index (κ3) is 1.63. The molecular weight excluding hydrogens is 194 g/mol. The van der Waals surface area contributed by atoms with Gasteiger partial charge in [-0.1, -0.05) is 0 Å². The van der Waals surface area contributed by atoms with Gasteiger partial charge in [0.1, 0.15) is 6.04 Å². The maximum absolute atomic E-state index is 11.0. The second-order valence-corrected chi connectivity index (χ2v) is 3.54. The molecule has 0 fully saturated rings. The lowest BCUT2D eigenvalue weighted by atomic mass is 10.1. The number of nitrogens with one attached hydrogen (secondary N) is 1. The third-order valence-electron chi connectivity index (χ3n) is 2.49. The van der Waals surface area contributed by atoms with E-state index < -0.39 is 11.8 Å². The zero-order chi connectivity index (χ0) is 11.0. The van der Waals surface area contributed by atoms with Gasteiger partial charge in [-0.25, -0.2) is 0 Å². The molecule has 1 heterocycles. The average molecular weight is 205 g/mol. The van der Waals surface area contributed by atoms with Crippen molar-refractivity contribution in [2.75, 3.05) is 5.32 Å². The molecule has 1 aromatic carbocycles. The van der Waals surface area contributed by atoms with E-state index in [0.29, 0.717) is 12.0 Å². The summed E-state index contributed by atoms with van der Waals surface area (Å²) in [5, 5.41) is 2.97. The van der Waals surface area contributed by atoms with Gasteiger partial charge in [0.2, 0.25) is 11.8 Å². The highest BCUT2D eigenvalue weighted by Crippen LogP contribution is 2.26. The molecule has 0 spiro atoms. The van der Waals surface area contributed by atoms with Crippen molar-refractivity contribution >= 4 is 17.5 Å². The standard InChI is InChI=1S/C10H11N3O2/c11-9(14)5-1-2-7-6(3-5)4-8(13-7)10(12)15/h1-3,8,13H,4H2,(H2,11,14)(H2,12,15). The van der Waals surface area contributed by atoms with E-state index in [2.05, 4.69) is 5.32 Å². The Balaban J connectivity index is 2.31. The minimum atomic E-state index is -0.472. The predicted octanol–water partition coefficient (Wildman–Crippen LogP) is -0.393. The normalized spacial score (nSPS) is 18.0. The van der Waals surface area contributed by atoms with E-state index in [9.17, 15) is 9.59 Å². The monoisotopic (exact) mass is 205 g/mol. The molecule has 1 unspecified atom stereocenters. The van der Waals surface area contributed by atoms with Crippen LogP contribution in [0.15, 0.2) is 18.2 Å². The number of primary amides is 2. The molecule has 15 heavy (non-hydrogen) atoms. The van der Waals surface area contributed by atoms with Crippen LogP contribution in [-0.4, -0.2) is 17.9 Å². The number of fused-ring (bicyclic) bond motifs is 1. The minimum Gasteiger partial charge on any atom is -0.373 e. The smallest absolute Gasteiger partial charge is 0.248 e. The van der Waals surface area contributed by atoms with Gasteiger partial charge < -0.3 is 16.8 Å². The SMILES string of the molecule is NC(=O)c1ccc2c(c1)CC(C(N)=O)N2. The van der Waals surface area contributed by atoms with Crippen molar-refractivity contribution in [2.45, 2.75) is 12.5 Å². The number of benzene rings is 1. The van der Waals surface area contributed by atoms with Crippen molar-refractivity contribution in [1.29, 1.82) is 0 Å². The van der Waals surface area contributed by atoms with Crippen molar-refractivity contribution in [1.82, 2.24) is 0 Å². The van der Waals surface area contributed by atoms with Crippen molar-refractivity contribution in [3.63, 3.8) is 0 Å². The Morgan fingerprint density at radius 3 is 2.67 bits per heavy atom. The first-order valence-electron chi connectivity index (χ1n) is 4.56. The molecule has 5 N–H and O–H groups in total. The van der Waals surface area contributed by atoms with Crippen LogP contribution in [0.4, 0.5) is 5.69 Å². The molecule has 0 aliphatic carbocycles. The summed E-state index contributed by atoms with van der Waals surface area (Å²) in [7, 11) is 0. The van der Waals surface area contributed by atoms with Crippen LogP contribution in [0.25, 0.3) is 0 Å². The summed E-state index contributed by atoms with van der Waals surface area (Å²) >= 11 is 0. The van der Waals surface area contributed by atoms with Gasteiger partial charge >= 0.3 is 0 Å². The molecule has 78 valence electrons. The van der Waals surface area contributed by atoms with Crippen LogP contribution in [0.3, 0.4) is 0 Å². The Morgan fingerprint density at radius 2 is 2.07 bits per heavy atom. The Kier molecular flexibility index (Phi) is 2.07. The lowest BCUT2D eigenvalue weighted by molar-refractivity contribution is -0.118. The van der Waals surface area contributed by atoms with E-state index in [1.54, 1.807) is 18.2 Å². The zero-order valence-electron chi connectivity index (χ0n) is 7.99. The second kappa shape index (κ2) is 3.27. The summed E-state index contributed by atoms with van der Waals surface area (Å²) < 4.78 is 0. The molecule has 1 aromatic rings. The van der Waals surface area contributed by atoms with Gasteiger partial charge in [-0.05, 0) is 23.8 Å². The van der Waals surface area contributed by atoms with Gasteiger partial charge in [0.05, 0.1) is 0 Å². The van der Waals surface area contributed by atoms with Crippen LogP contribution in [-0.2, 0) is 11.2 Å². The summed E-state index contributed by atoms with van der Waals surface area (Å²) in [6, 6.07) is 4.66. The molecule has 1 atom stereocenters. The van der Waals surface area contributed by atoms with Crippen LogP contribution in [0.1, 0.15) is 15.9 Å². The predicted molar refractivity (Wildman–Crippen MR) is 55.3 cm³/mol. The first kappa shape index (κ1) is 9.51. The summed E-state index contributed by atoms with van der Waals surface area (Å²) in [6.07, 6.45) is 0.506. The highest BCUT2D eigenvalue weighted by molar-refractivity contribution is 5.94. The largest absolute Gasteiger partial charge is 0.373 e. The topological polar surface area (TPSA) is 98.2 Å². The maximum atomic E-state index is 11.0. The molecule has 0 saturated carbocycles. The van der Waals surface area contributed by atoms with Gasteiger partial charge in [-0.3, -0.25) is 9.59 Å². The van der Waals surface area contributed by atoms with Crippen LogP contribution < -0.4 is 16.8 Å². The molecule has 1 aliphatic heterocycles. The average Bonchev–Trinajstić information content (AvgIpc) is 2.59. The second-order valence-electron chi connectivity index (χ2n) is 3.54. The summed E-state index contributed by atoms with van der Waals surface area (Å²) in [6.45, 7) is 0. The fourth-order valence-electron chi connectivity index (χ4n) is 1.69. The van der Waals surface area contributed by atoms with E-state index in [0.717, 1.165) is 11.3 Å². The minimum absolute atomic E-state index is 0.386. The molecule has 5 nitrogen and oxygen atoms in total. The number of anilines is 1. The van der Waals surface area contributed by atoms with E-state index in [-0.39, 0.29) is 6.04 Å². The fourth-order valence-corrected chi connectivity index (χ4v) is 1.69. The van der Waals surface area contributed by atoms with E-state index >= 15 is 0 Å². The van der Waals surface area contributed by atoms with Crippen LogP contribution in [0.5, 0.6) is 0 Å². The Bertz CT molecular complexity index is 442. The van der Waals surface area contributed by atoms with Gasteiger partial charge in [0.25, 0.3) is 0 Å². The van der Waals surface area contributed by atoms with Gasteiger partial charge in [-0.15, -0.1) is 0 Å². The molecule has 0 aromatic heterocycles. The number of carbonyl (C=O) groups excluding carboxylic acids is 2. The molecule has 0 bridgehead atoms. The molecule has 2 amide bonds. The maximum Gasteiger partial charge on any atom is 0.248 e. The summed E-state index contributed by atoms with van der Waals surface area (Å²) in [5.41, 5.74) is 12.5. The summed E-state index contributed by atoms with van der Waals surface area (Å²) in [5.74, 6) is -0.868. The van der Waals surface area contributed by atoms with E-state index in [1.807, 2.05) is 0 Å². The first-order valence-corrected chi connectivity index (χ1v) is 4.56. The Morgan fingerprint density at radius 1 is 1.33 bits per heavy atom. The molecule has 0 radical (unpaired) electrons. The molecule has 5 heteroatoms. The fraction of sp³-hybridized carbons (Fsp3) is 0.200. The molecule has 1 aliphatic rings. The Hall–Kier alpha value is -2.04. The third-order valence-corrected chi connectivity index (χ3v) is 2.49. The number of nitrogens with two attached hydrogens (primary N) is 2. The highest BCUT2D eigenvalue weighted by atomic mass is 16.1. The number of amides is 2. The van der Waals surface area contributed by atoms with Crippen molar-refractivity contribution in [3.8, 4) is 0 Å². The van der Waals surface area contributed by atoms with Crippen molar-refractivity contribution < 1.29 is 9.59 Å². The molecular formula is C10H11N3O2. The van der Waals surface area contributed by atoms with Crippen molar-refractivity contribution in [2.24, 2.45) is 11.5 Å². The number of hydrogen-bond donors (Lipinski definition) is 3. The quantitative estimate of drug-likeness (QED) is 0.613. The summed E-state index contributed by atoms with van der Waals surface area (Å²) in [4.78, 5) is 21.9. The molecule has 0 saturated heterocycles. The van der Waals surface area contributed by atoms with Gasteiger partial charge in [-0.2, -0.15) is 0 Å². The van der Waals surface area contributed by atoms with Gasteiger partial charge in [0.15, 0.2) is 0 Å². The Labute approximate surface area is 86.4 Å². The van der Waals surface area contributed by atoms with Crippen LogP contribution in [0, 0.1) is 0 Å². The van der Waals surface area contributed by atoms with E-state index in [1.165, 1.54) is 0 Å². The van der Waals surface area contributed by atoms with Gasteiger partial charge in [0, 0.05) is 17.7 Å². The first-order chi connectivity index (χ1) is 7.08. The highest BCUT2D eigenvalue weighted by Gasteiger charge is 2.25. The molecule has 2 rings (SSSR count). The number of rotatable bonds is 2. The van der Waals surface area contributed by atoms with Crippen LogP contribution in [0.2, 0.25) is 0 Å². The lowest BCUT2D eigenvalue weighted by Gasteiger charge is -2.04. The number of hydrogen-bond acceptors (Lipinski definition) is 3. The van der Waals surface area contributed by atoms with Crippen molar-refractivity contribution in [3.05, 3.63) is 29.3 Å². The zero-order valence-corrected chi connectivity index (χ0v) is 7.99. The van der Waals surface area contributed by atoms with E-state index in [4.69, 9.17) is 11.5 Å². The number of carbonyl (C=O) groups is 2. The lowest BCUT2D eigenvalue weighted by Crippen LogP contribution is -2.33.